The molecule has 0 aromatic heterocycles. The fraction of sp³-hybridized carbons (Fsp3) is 1.00. The van der Waals surface area contributed by atoms with E-state index in [4.69, 9.17) is 4.74 Å². The van der Waals surface area contributed by atoms with E-state index in [0.29, 0.717) is 6.42 Å². The Labute approximate surface area is 166 Å². The quantitative estimate of drug-likeness (QED) is 0.303. The monoisotopic (exact) mass is 388 g/mol. The van der Waals surface area contributed by atoms with E-state index in [9.17, 15) is 20.4 Å². The molecule has 0 aliphatic carbocycles. The van der Waals surface area contributed by atoms with Crippen molar-refractivity contribution in [2.75, 3.05) is 6.61 Å². The van der Waals surface area contributed by atoms with E-state index in [1.165, 1.54) is 77.0 Å². The Morgan fingerprint density at radius 1 is 0.556 bits per heavy atom. The van der Waals surface area contributed by atoms with Crippen molar-refractivity contribution in [2.24, 2.45) is 0 Å². The minimum absolute atomic E-state index is 0.347. The van der Waals surface area contributed by atoms with Crippen molar-refractivity contribution in [2.45, 2.75) is 134 Å². The van der Waals surface area contributed by atoms with Crippen LogP contribution in [-0.4, -0.2) is 57.6 Å². The molecule has 0 radical (unpaired) electrons. The molecular weight excluding hydrogens is 344 g/mol. The molecule has 1 aliphatic rings. The lowest BCUT2D eigenvalue weighted by Crippen LogP contribution is -2.58. The minimum atomic E-state index is -1.24. The summed E-state index contributed by atoms with van der Waals surface area (Å²) in [5, 5.41) is 38.8. The highest BCUT2D eigenvalue weighted by Gasteiger charge is 2.42. The topological polar surface area (TPSA) is 90.2 Å². The number of ether oxygens (including phenoxy) is 1. The van der Waals surface area contributed by atoms with Crippen LogP contribution in [0.3, 0.4) is 0 Å². The maximum absolute atomic E-state index is 10.0. The fourth-order valence-electron chi connectivity index (χ4n) is 3.96. The molecule has 5 atom stereocenters. The van der Waals surface area contributed by atoms with E-state index in [1.807, 2.05) is 0 Å². The van der Waals surface area contributed by atoms with Crippen LogP contribution < -0.4 is 0 Å². The molecule has 0 amide bonds. The molecule has 162 valence electrons. The Balaban J connectivity index is 1.92. The molecule has 0 spiro atoms. The first kappa shape index (κ1) is 24.8. The highest BCUT2D eigenvalue weighted by atomic mass is 16.5. The van der Waals surface area contributed by atoms with Gasteiger partial charge in [-0.25, -0.2) is 0 Å². The molecule has 0 aromatic rings. The van der Waals surface area contributed by atoms with Gasteiger partial charge in [0.15, 0.2) is 0 Å². The summed E-state index contributed by atoms with van der Waals surface area (Å²) in [4.78, 5) is 0. The van der Waals surface area contributed by atoms with E-state index in [1.54, 1.807) is 0 Å². The third-order valence-electron chi connectivity index (χ3n) is 5.83. The molecule has 0 saturated carbocycles. The van der Waals surface area contributed by atoms with Gasteiger partial charge < -0.3 is 25.2 Å². The van der Waals surface area contributed by atoms with Crippen LogP contribution in [0.2, 0.25) is 0 Å². The predicted octanol–water partition coefficient (Wildman–Crippen LogP) is 3.70. The first-order valence-corrected chi connectivity index (χ1v) is 11.4. The normalized spacial score (nSPS) is 28.6. The van der Waals surface area contributed by atoms with Gasteiger partial charge in [0.2, 0.25) is 0 Å². The Hall–Kier alpha value is -0.200. The Morgan fingerprint density at radius 2 is 0.963 bits per heavy atom. The van der Waals surface area contributed by atoms with E-state index in [-0.39, 0.29) is 6.61 Å². The lowest BCUT2D eigenvalue weighted by molar-refractivity contribution is -0.230. The van der Waals surface area contributed by atoms with Gasteiger partial charge in [0, 0.05) is 0 Å². The van der Waals surface area contributed by atoms with Gasteiger partial charge in [-0.15, -0.1) is 0 Å². The van der Waals surface area contributed by atoms with Crippen LogP contribution in [0.25, 0.3) is 0 Å². The van der Waals surface area contributed by atoms with Crippen molar-refractivity contribution in [1.82, 2.24) is 0 Å². The average Bonchev–Trinajstić information content (AvgIpc) is 2.68. The second-order valence-corrected chi connectivity index (χ2v) is 8.25. The molecule has 0 bridgehead atoms. The first-order chi connectivity index (χ1) is 13.1. The molecule has 1 heterocycles. The van der Waals surface area contributed by atoms with Gasteiger partial charge in [0.25, 0.3) is 0 Å². The van der Waals surface area contributed by atoms with E-state index >= 15 is 0 Å². The van der Waals surface area contributed by atoms with Gasteiger partial charge in [-0.3, -0.25) is 0 Å². The first-order valence-electron chi connectivity index (χ1n) is 11.4. The van der Waals surface area contributed by atoms with E-state index < -0.39 is 30.5 Å². The molecule has 27 heavy (non-hydrogen) atoms. The predicted molar refractivity (Wildman–Crippen MR) is 109 cm³/mol. The molecule has 5 heteroatoms. The summed E-state index contributed by atoms with van der Waals surface area (Å²) in [5.41, 5.74) is 0. The lowest BCUT2D eigenvalue weighted by atomic mass is 9.92. The van der Waals surface area contributed by atoms with Crippen molar-refractivity contribution >= 4 is 0 Å². The van der Waals surface area contributed by atoms with Crippen molar-refractivity contribution in [3.63, 3.8) is 0 Å². The zero-order valence-corrected chi connectivity index (χ0v) is 17.4. The molecule has 5 nitrogen and oxygen atoms in total. The van der Waals surface area contributed by atoms with Gasteiger partial charge >= 0.3 is 0 Å². The summed E-state index contributed by atoms with van der Waals surface area (Å²) >= 11 is 0. The molecule has 0 aromatic carbocycles. The smallest absolute Gasteiger partial charge is 0.111 e. The largest absolute Gasteiger partial charge is 0.394 e. The summed E-state index contributed by atoms with van der Waals surface area (Å²) in [6.45, 7) is 1.91. The highest BCUT2D eigenvalue weighted by molar-refractivity contribution is 4.91. The number of hydrogen-bond acceptors (Lipinski definition) is 5. The molecular formula is C22H44O5. The van der Waals surface area contributed by atoms with Crippen LogP contribution in [0.4, 0.5) is 0 Å². The Kier molecular flexibility index (Phi) is 14.4. The van der Waals surface area contributed by atoms with E-state index in [0.717, 1.165) is 12.8 Å². The van der Waals surface area contributed by atoms with Gasteiger partial charge in [-0.1, -0.05) is 96.8 Å². The third kappa shape index (κ3) is 10.2. The zero-order valence-electron chi connectivity index (χ0n) is 17.4. The fourth-order valence-corrected chi connectivity index (χ4v) is 3.96. The molecule has 1 fully saturated rings. The Morgan fingerprint density at radius 3 is 1.41 bits per heavy atom. The van der Waals surface area contributed by atoms with Crippen LogP contribution in [0, 0.1) is 0 Å². The summed E-state index contributed by atoms with van der Waals surface area (Å²) in [7, 11) is 0. The number of aliphatic hydroxyl groups is 4. The van der Waals surface area contributed by atoms with Crippen molar-refractivity contribution in [3.05, 3.63) is 0 Å². The SMILES string of the molecule is CCCCCCCCCCCCCCCCC1O[C@H](CO)[C@H](O)[C@H](O)[C@H]1O. The Bertz CT molecular complexity index is 337. The van der Waals surface area contributed by atoms with Gasteiger partial charge in [0.05, 0.1) is 12.7 Å². The molecule has 1 aliphatic heterocycles. The summed E-state index contributed by atoms with van der Waals surface area (Å²) in [6, 6.07) is 0. The van der Waals surface area contributed by atoms with Gasteiger partial charge in [0.1, 0.15) is 24.4 Å². The highest BCUT2D eigenvalue weighted by Crippen LogP contribution is 2.25. The molecule has 1 saturated heterocycles. The second-order valence-electron chi connectivity index (χ2n) is 8.25. The third-order valence-corrected chi connectivity index (χ3v) is 5.83. The van der Waals surface area contributed by atoms with Crippen molar-refractivity contribution < 1.29 is 25.2 Å². The lowest BCUT2D eigenvalue weighted by Gasteiger charge is -2.40. The average molecular weight is 389 g/mol. The standard InChI is InChI=1S/C22H44O5/c1-2-3-4-5-6-7-8-9-10-11-12-13-14-15-16-18-20(24)22(26)21(25)19(17-23)27-18/h18-26H,2-17H2,1H3/t18?,19-,20+,21+,22-/m1/s1. The van der Waals surface area contributed by atoms with Gasteiger partial charge in [-0.05, 0) is 6.42 Å². The van der Waals surface area contributed by atoms with Crippen LogP contribution in [0.1, 0.15) is 103 Å². The maximum atomic E-state index is 10.0. The van der Waals surface area contributed by atoms with Crippen LogP contribution in [-0.2, 0) is 4.74 Å². The van der Waals surface area contributed by atoms with Gasteiger partial charge in [-0.2, -0.15) is 0 Å². The second kappa shape index (κ2) is 15.7. The minimum Gasteiger partial charge on any atom is -0.394 e. The number of aliphatic hydroxyl groups excluding tert-OH is 4. The van der Waals surface area contributed by atoms with Crippen LogP contribution >= 0.6 is 0 Å². The molecule has 4 N–H and O–H groups in total. The molecule has 1 rings (SSSR count). The summed E-state index contributed by atoms with van der Waals surface area (Å²) < 4.78 is 5.53. The van der Waals surface area contributed by atoms with Crippen LogP contribution in [0.5, 0.6) is 0 Å². The van der Waals surface area contributed by atoms with Crippen molar-refractivity contribution in [1.29, 1.82) is 0 Å². The maximum Gasteiger partial charge on any atom is 0.111 e. The van der Waals surface area contributed by atoms with E-state index in [2.05, 4.69) is 6.92 Å². The number of rotatable bonds is 16. The summed E-state index contributed by atoms with van der Waals surface area (Å²) in [5.74, 6) is 0. The number of hydrogen-bond donors (Lipinski definition) is 4. The summed E-state index contributed by atoms with van der Waals surface area (Å²) in [6.07, 6.45) is 13.9. The number of unbranched alkanes of at least 4 members (excludes halogenated alkanes) is 13. The molecule has 1 unspecified atom stereocenters. The zero-order chi connectivity index (χ0) is 19.9. The van der Waals surface area contributed by atoms with Crippen molar-refractivity contribution in [3.8, 4) is 0 Å². The van der Waals surface area contributed by atoms with Crippen LogP contribution in [0.15, 0.2) is 0 Å².